The van der Waals surface area contributed by atoms with Gasteiger partial charge in [0, 0.05) is 19.1 Å². The van der Waals surface area contributed by atoms with Gasteiger partial charge >= 0.3 is 6.03 Å². The Morgan fingerprint density at radius 3 is 2.79 bits per heavy atom. The van der Waals surface area contributed by atoms with Crippen molar-refractivity contribution in [1.82, 2.24) is 20.9 Å². The Morgan fingerprint density at radius 2 is 2.11 bits per heavy atom. The van der Waals surface area contributed by atoms with Crippen molar-refractivity contribution in [3.05, 3.63) is 0 Å². The van der Waals surface area contributed by atoms with Gasteiger partial charge in [0.1, 0.15) is 0 Å². The van der Waals surface area contributed by atoms with Crippen molar-refractivity contribution < 1.29 is 9.59 Å². The molecule has 0 radical (unpaired) electrons. The third kappa shape index (κ3) is 6.02. The van der Waals surface area contributed by atoms with E-state index in [1.165, 1.54) is 6.42 Å². The number of hydrogen-bond acceptors (Lipinski definition) is 4. The highest BCUT2D eigenvalue weighted by atomic mass is 16.2. The number of amides is 3. The van der Waals surface area contributed by atoms with E-state index >= 15 is 0 Å². The number of nitrogens with one attached hydrogen (secondary N) is 3. The molecule has 1 aliphatic heterocycles. The third-order valence-electron chi connectivity index (χ3n) is 3.32. The van der Waals surface area contributed by atoms with Crippen LogP contribution in [0.5, 0.6) is 0 Å². The number of likely N-dealkylation sites (N-methyl/N-ethyl adjacent to an activating group) is 1. The number of nitrogens with zero attached hydrogens (tertiary/aromatic N) is 1. The molecular weight excluding hydrogens is 244 g/mol. The summed E-state index contributed by atoms with van der Waals surface area (Å²) >= 11 is 0. The molecule has 1 rings (SSSR count). The fraction of sp³-hybridized carbons (Fsp3) is 0.846. The maximum absolute atomic E-state index is 11.8. The first kappa shape index (κ1) is 15.9. The number of imide groups is 1. The molecule has 0 aromatic heterocycles. The number of carbonyl (C=O) groups excluding carboxylic acids is 2. The van der Waals surface area contributed by atoms with Crippen LogP contribution in [0.3, 0.4) is 0 Å². The largest absolute Gasteiger partial charge is 0.338 e. The van der Waals surface area contributed by atoms with Crippen molar-refractivity contribution in [2.45, 2.75) is 38.6 Å². The summed E-state index contributed by atoms with van der Waals surface area (Å²) in [5, 5.41) is 8.17. The molecule has 1 unspecified atom stereocenters. The van der Waals surface area contributed by atoms with Crippen molar-refractivity contribution in [3.8, 4) is 0 Å². The molecule has 0 bridgehead atoms. The average molecular weight is 270 g/mol. The van der Waals surface area contributed by atoms with Crippen LogP contribution in [-0.2, 0) is 4.79 Å². The van der Waals surface area contributed by atoms with Crippen molar-refractivity contribution in [3.63, 3.8) is 0 Å². The second-order valence-electron chi connectivity index (χ2n) is 4.98. The SMILES string of the molecule is CCCNC(=O)NC(=O)CN1CCCCC1CNC. The van der Waals surface area contributed by atoms with Gasteiger partial charge in [-0.25, -0.2) is 4.79 Å². The maximum Gasteiger partial charge on any atom is 0.321 e. The first-order chi connectivity index (χ1) is 9.17. The molecule has 0 aromatic carbocycles. The monoisotopic (exact) mass is 270 g/mol. The highest BCUT2D eigenvalue weighted by Crippen LogP contribution is 2.15. The van der Waals surface area contributed by atoms with Crippen LogP contribution >= 0.6 is 0 Å². The lowest BCUT2D eigenvalue weighted by molar-refractivity contribution is -0.122. The van der Waals surface area contributed by atoms with Crippen LogP contribution in [0.15, 0.2) is 0 Å². The average Bonchev–Trinajstić information content (AvgIpc) is 2.39. The zero-order valence-corrected chi connectivity index (χ0v) is 12.0. The summed E-state index contributed by atoms with van der Waals surface area (Å²) in [7, 11) is 1.92. The van der Waals surface area contributed by atoms with Crippen LogP contribution < -0.4 is 16.0 Å². The number of hydrogen-bond donors (Lipinski definition) is 3. The van der Waals surface area contributed by atoms with Crippen LogP contribution in [-0.4, -0.2) is 56.1 Å². The third-order valence-corrected chi connectivity index (χ3v) is 3.32. The quantitative estimate of drug-likeness (QED) is 0.649. The van der Waals surface area contributed by atoms with Gasteiger partial charge in [-0.1, -0.05) is 13.3 Å². The van der Waals surface area contributed by atoms with Gasteiger partial charge in [-0.15, -0.1) is 0 Å². The smallest absolute Gasteiger partial charge is 0.321 e. The number of carbonyl (C=O) groups is 2. The van der Waals surface area contributed by atoms with Crippen molar-refractivity contribution in [1.29, 1.82) is 0 Å². The molecule has 1 saturated heterocycles. The zero-order valence-electron chi connectivity index (χ0n) is 12.0. The Kier molecular flexibility index (Phi) is 7.43. The van der Waals surface area contributed by atoms with E-state index in [-0.39, 0.29) is 5.91 Å². The molecule has 1 heterocycles. The van der Waals surface area contributed by atoms with Gasteiger partial charge < -0.3 is 10.6 Å². The molecular formula is C13H26N4O2. The van der Waals surface area contributed by atoms with Crippen LogP contribution in [0.1, 0.15) is 32.6 Å². The molecule has 6 nitrogen and oxygen atoms in total. The Labute approximate surface area is 115 Å². The molecule has 6 heteroatoms. The summed E-state index contributed by atoms with van der Waals surface area (Å²) in [5.74, 6) is -0.225. The molecule has 3 amide bonds. The molecule has 1 aliphatic rings. The fourth-order valence-corrected chi connectivity index (χ4v) is 2.37. The van der Waals surface area contributed by atoms with Crippen LogP contribution in [0.2, 0.25) is 0 Å². The van der Waals surface area contributed by atoms with E-state index < -0.39 is 6.03 Å². The van der Waals surface area contributed by atoms with Gasteiger partial charge in [-0.2, -0.15) is 0 Å². The minimum atomic E-state index is -0.394. The van der Waals surface area contributed by atoms with E-state index in [1.54, 1.807) is 0 Å². The number of urea groups is 1. The standard InChI is InChI=1S/C13H26N4O2/c1-3-7-15-13(19)16-12(18)10-17-8-5-4-6-11(17)9-14-2/h11,14H,3-10H2,1-2H3,(H2,15,16,18,19). The van der Waals surface area contributed by atoms with Crippen LogP contribution in [0.25, 0.3) is 0 Å². The Morgan fingerprint density at radius 1 is 1.32 bits per heavy atom. The topological polar surface area (TPSA) is 73.5 Å². The van der Waals surface area contributed by atoms with Gasteiger partial charge in [0.05, 0.1) is 6.54 Å². The summed E-state index contributed by atoms with van der Waals surface area (Å²) in [4.78, 5) is 25.3. The summed E-state index contributed by atoms with van der Waals surface area (Å²) < 4.78 is 0. The highest BCUT2D eigenvalue weighted by molar-refractivity contribution is 5.95. The second kappa shape index (κ2) is 8.87. The van der Waals surface area contributed by atoms with Crippen LogP contribution in [0.4, 0.5) is 4.79 Å². The van der Waals surface area contributed by atoms with Gasteiger partial charge in [0.25, 0.3) is 0 Å². The predicted octanol–water partition coefficient (Wildman–Crippen LogP) is 0.296. The summed E-state index contributed by atoms with van der Waals surface area (Å²) in [6.45, 7) is 4.67. The fourth-order valence-electron chi connectivity index (χ4n) is 2.37. The molecule has 1 fully saturated rings. The van der Waals surface area contributed by atoms with Gasteiger partial charge in [-0.05, 0) is 32.9 Å². The summed E-state index contributed by atoms with van der Waals surface area (Å²) in [6.07, 6.45) is 4.30. The summed E-state index contributed by atoms with van der Waals surface area (Å²) in [5.41, 5.74) is 0. The van der Waals surface area contributed by atoms with Crippen molar-refractivity contribution in [2.24, 2.45) is 0 Å². The van der Waals surface area contributed by atoms with Crippen molar-refractivity contribution in [2.75, 3.05) is 33.2 Å². The molecule has 19 heavy (non-hydrogen) atoms. The molecule has 0 aliphatic carbocycles. The predicted molar refractivity (Wildman–Crippen MR) is 75.0 cm³/mol. The molecule has 110 valence electrons. The van der Waals surface area contributed by atoms with Gasteiger partial charge in [0.15, 0.2) is 0 Å². The Hall–Kier alpha value is -1.14. The van der Waals surface area contributed by atoms with Crippen LogP contribution in [0, 0.1) is 0 Å². The second-order valence-corrected chi connectivity index (χ2v) is 4.98. The maximum atomic E-state index is 11.8. The van der Waals surface area contributed by atoms with E-state index in [9.17, 15) is 9.59 Å². The molecule has 0 aromatic rings. The highest BCUT2D eigenvalue weighted by Gasteiger charge is 2.23. The van der Waals surface area contributed by atoms with E-state index in [4.69, 9.17) is 0 Å². The Balaban J connectivity index is 2.34. The lowest BCUT2D eigenvalue weighted by atomic mass is 10.0. The molecule has 0 saturated carbocycles. The lowest BCUT2D eigenvalue weighted by Gasteiger charge is -2.34. The Bertz CT molecular complexity index is 294. The van der Waals surface area contributed by atoms with E-state index in [1.807, 2.05) is 14.0 Å². The molecule has 3 N–H and O–H groups in total. The van der Waals surface area contributed by atoms with E-state index in [0.29, 0.717) is 19.1 Å². The minimum Gasteiger partial charge on any atom is -0.338 e. The lowest BCUT2D eigenvalue weighted by Crippen LogP contribution is -2.51. The first-order valence-electron chi connectivity index (χ1n) is 7.13. The normalized spacial score (nSPS) is 20.0. The molecule has 1 atom stereocenters. The van der Waals surface area contributed by atoms with Gasteiger partial charge in [0.2, 0.25) is 5.91 Å². The number of piperidine rings is 1. The van der Waals surface area contributed by atoms with Crippen molar-refractivity contribution >= 4 is 11.9 Å². The first-order valence-corrected chi connectivity index (χ1v) is 7.13. The minimum absolute atomic E-state index is 0.225. The number of rotatable bonds is 6. The van der Waals surface area contributed by atoms with E-state index in [0.717, 1.165) is 32.4 Å². The number of likely N-dealkylation sites (tertiary alicyclic amines) is 1. The zero-order chi connectivity index (χ0) is 14.1. The molecule has 0 spiro atoms. The van der Waals surface area contributed by atoms with E-state index in [2.05, 4.69) is 20.9 Å². The van der Waals surface area contributed by atoms with Gasteiger partial charge in [-0.3, -0.25) is 15.0 Å². The summed E-state index contributed by atoms with van der Waals surface area (Å²) in [6, 6.07) is -0.00257.